The molecule has 3 aromatic rings. The molecule has 5 rings (SSSR count). The molecule has 0 aliphatic carbocycles. The lowest BCUT2D eigenvalue weighted by Crippen LogP contribution is -2.54. The van der Waals surface area contributed by atoms with Crippen molar-refractivity contribution in [2.75, 3.05) is 13.1 Å². The van der Waals surface area contributed by atoms with Crippen LogP contribution < -0.4 is 0 Å². The van der Waals surface area contributed by atoms with Crippen LogP contribution in [0.2, 0.25) is 5.02 Å². The second-order valence-electron chi connectivity index (χ2n) is 8.13. The lowest BCUT2D eigenvalue weighted by Gasteiger charge is -2.44. The third kappa shape index (κ3) is 4.03. The van der Waals surface area contributed by atoms with Crippen LogP contribution in [0.5, 0.6) is 0 Å². The first-order valence-electron chi connectivity index (χ1n) is 10.9. The molecule has 2 heterocycles. The Morgan fingerprint density at radius 3 is 2.36 bits per heavy atom. The largest absolute Gasteiger partial charge is 0.273 e. The number of hydrazine groups is 1. The highest BCUT2D eigenvalue weighted by Gasteiger charge is 2.41. The van der Waals surface area contributed by atoms with Gasteiger partial charge in [0, 0.05) is 24.1 Å². The molecule has 7 heteroatoms. The van der Waals surface area contributed by atoms with Gasteiger partial charge in [0.25, 0.3) is 5.91 Å². The van der Waals surface area contributed by atoms with E-state index >= 15 is 0 Å². The molecule has 2 aliphatic heterocycles. The van der Waals surface area contributed by atoms with Crippen molar-refractivity contribution < 1.29 is 9.59 Å². The summed E-state index contributed by atoms with van der Waals surface area (Å²) < 4.78 is 0. The summed E-state index contributed by atoms with van der Waals surface area (Å²) in [6, 6.07) is 24.5. The van der Waals surface area contributed by atoms with Gasteiger partial charge in [0.05, 0.1) is 12.3 Å². The number of amides is 2. The van der Waals surface area contributed by atoms with Crippen LogP contribution in [0.4, 0.5) is 0 Å². The van der Waals surface area contributed by atoms with E-state index in [-0.39, 0.29) is 18.4 Å². The molecule has 0 spiro atoms. The van der Waals surface area contributed by atoms with Crippen LogP contribution in [0.15, 0.2) is 84.0 Å². The van der Waals surface area contributed by atoms with Crippen LogP contribution in [0, 0.1) is 0 Å². The second-order valence-corrected chi connectivity index (χ2v) is 8.57. The lowest BCUT2D eigenvalue weighted by molar-refractivity contribution is -0.144. The van der Waals surface area contributed by atoms with Crippen LogP contribution in [0.25, 0.3) is 0 Å². The maximum Gasteiger partial charge on any atom is 0.268 e. The maximum atomic E-state index is 13.7. The molecule has 2 amide bonds. The molecule has 0 bridgehead atoms. The Balaban J connectivity index is 1.67. The van der Waals surface area contributed by atoms with Crippen molar-refractivity contribution in [3.63, 3.8) is 0 Å². The molecule has 0 radical (unpaired) electrons. The normalized spacial score (nSPS) is 18.1. The smallest absolute Gasteiger partial charge is 0.268 e. The van der Waals surface area contributed by atoms with Crippen molar-refractivity contribution in [1.29, 1.82) is 0 Å². The van der Waals surface area contributed by atoms with Crippen molar-refractivity contribution in [3.8, 4) is 0 Å². The van der Waals surface area contributed by atoms with Crippen molar-refractivity contribution in [3.05, 3.63) is 106 Å². The summed E-state index contributed by atoms with van der Waals surface area (Å²) in [4.78, 5) is 26.6. The summed E-state index contributed by atoms with van der Waals surface area (Å²) in [5, 5.41) is 10.6. The molecule has 0 N–H and O–H groups in total. The molecule has 33 heavy (non-hydrogen) atoms. The number of carbonyl (C=O) groups excluding carboxylic acids is 2. The minimum atomic E-state index is -0.509. The van der Waals surface area contributed by atoms with E-state index in [1.165, 1.54) is 11.9 Å². The molecule has 3 aromatic carbocycles. The van der Waals surface area contributed by atoms with Crippen molar-refractivity contribution in [2.45, 2.75) is 19.5 Å². The maximum absolute atomic E-state index is 13.7. The SMILES string of the molecule is CC(=O)N1N=C(c2ccc(Cl)cc2)CN(C(=O)c2ccccc2)N2CCc3ccccc3C12. The number of fused-ring (bicyclic) bond motifs is 3. The number of nitrogens with zero attached hydrogens (tertiary/aromatic N) is 4. The van der Waals surface area contributed by atoms with Crippen LogP contribution in [0.3, 0.4) is 0 Å². The van der Waals surface area contributed by atoms with Gasteiger partial charge in [-0.25, -0.2) is 5.01 Å². The highest BCUT2D eigenvalue weighted by Crippen LogP contribution is 2.36. The number of hydrogen-bond donors (Lipinski definition) is 0. The summed E-state index contributed by atoms with van der Waals surface area (Å²) >= 11 is 6.10. The van der Waals surface area contributed by atoms with E-state index in [1.807, 2.05) is 65.7 Å². The predicted octanol–water partition coefficient (Wildman–Crippen LogP) is 4.52. The first kappa shape index (κ1) is 21.4. The summed E-state index contributed by atoms with van der Waals surface area (Å²) in [7, 11) is 0. The standard InChI is InChI=1S/C26H23ClN4O2/c1-18(32)31-25-23-10-6-5-7-19(23)15-16-29(25)30(26(33)21-8-3-2-4-9-21)17-24(28-31)20-11-13-22(27)14-12-20/h2-14,25H,15-17H2,1H3. The Labute approximate surface area is 197 Å². The Bertz CT molecular complexity index is 1230. The van der Waals surface area contributed by atoms with Gasteiger partial charge in [-0.05, 0) is 47.4 Å². The zero-order valence-electron chi connectivity index (χ0n) is 18.2. The third-order valence-electron chi connectivity index (χ3n) is 6.05. The van der Waals surface area contributed by atoms with Gasteiger partial charge in [0.2, 0.25) is 5.91 Å². The summed E-state index contributed by atoms with van der Waals surface area (Å²) in [6.07, 6.45) is 0.262. The van der Waals surface area contributed by atoms with Gasteiger partial charge in [-0.1, -0.05) is 66.2 Å². The van der Waals surface area contributed by atoms with E-state index in [0.29, 0.717) is 22.8 Å². The summed E-state index contributed by atoms with van der Waals surface area (Å²) in [6.45, 7) is 2.33. The number of hydrogen-bond acceptors (Lipinski definition) is 4. The number of benzene rings is 3. The van der Waals surface area contributed by atoms with Crippen LogP contribution in [0.1, 0.15) is 40.1 Å². The zero-order chi connectivity index (χ0) is 22.9. The molecule has 2 aliphatic rings. The van der Waals surface area contributed by atoms with E-state index in [1.54, 1.807) is 17.1 Å². The predicted molar refractivity (Wildman–Crippen MR) is 128 cm³/mol. The Morgan fingerprint density at radius 1 is 0.939 bits per heavy atom. The molecule has 0 fully saturated rings. The first-order chi connectivity index (χ1) is 16.0. The quantitative estimate of drug-likeness (QED) is 0.567. The molecule has 166 valence electrons. The fourth-order valence-corrected chi connectivity index (χ4v) is 4.57. The van der Waals surface area contributed by atoms with Crippen molar-refractivity contribution >= 4 is 29.1 Å². The number of hydrazone groups is 1. The average molecular weight is 459 g/mol. The van der Waals surface area contributed by atoms with E-state index in [0.717, 1.165) is 23.1 Å². The molecule has 6 nitrogen and oxygen atoms in total. The van der Waals surface area contributed by atoms with E-state index in [2.05, 4.69) is 6.07 Å². The zero-order valence-corrected chi connectivity index (χ0v) is 18.9. The topological polar surface area (TPSA) is 56.2 Å². The van der Waals surface area contributed by atoms with Gasteiger partial charge < -0.3 is 0 Å². The molecular weight excluding hydrogens is 436 g/mol. The fraction of sp³-hybridized carbons (Fsp3) is 0.192. The summed E-state index contributed by atoms with van der Waals surface area (Å²) in [5.41, 5.74) is 4.15. The van der Waals surface area contributed by atoms with Crippen molar-refractivity contribution in [2.24, 2.45) is 5.10 Å². The molecule has 1 atom stereocenters. The Kier molecular flexibility index (Phi) is 5.70. The number of rotatable bonds is 2. The molecular formula is C26H23ClN4O2. The van der Waals surface area contributed by atoms with E-state index in [4.69, 9.17) is 16.7 Å². The number of halogens is 1. The van der Waals surface area contributed by atoms with Crippen LogP contribution in [-0.2, 0) is 11.2 Å². The molecule has 0 saturated heterocycles. The Morgan fingerprint density at radius 2 is 1.64 bits per heavy atom. The highest BCUT2D eigenvalue weighted by molar-refractivity contribution is 6.30. The summed E-state index contributed by atoms with van der Waals surface area (Å²) in [5.74, 6) is -0.325. The van der Waals surface area contributed by atoms with E-state index in [9.17, 15) is 9.59 Å². The first-order valence-corrected chi connectivity index (χ1v) is 11.3. The highest BCUT2D eigenvalue weighted by atomic mass is 35.5. The van der Waals surface area contributed by atoms with Gasteiger partial charge in [-0.2, -0.15) is 10.1 Å². The van der Waals surface area contributed by atoms with Gasteiger partial charge in [0.1, 0.15) is 0 Å². The van der Waals surface area contributed by atoms with Crippen LogP contribution >= 0.6 is 11.6 Å². The van der Waals surface area contributed by atoms with Crippen molar-refractivity contribution in [1.82, 2.24) is 15.0 Å². The molecule has 0 saturated carbocycles. The third-order valence-corrected chi connectivity index (χ3v) is 6.30. The van der Waals surface area contributed by atoms with Crippen LogP contribution in [-0.4, -0.2) is 45.6 Å². The molecule has 0 aromatic heterocycles. The minimum absolute atomic E-state index is 0.132. The van der Waals surface area contributed by atoms with Gasteiger partial charge in [-0.15, -0.1) is 0 Å². The Hall–Kier alpha value is -3.48. The van der Waals surface area contributed by atoms with E-state index < -0.39 is 6.17 Å². The van der Waals surface area contributed by atoms with Gasteiger partial charge in [-0.3, -0.25) is 14.6 Å². The lowest BCUT2D eigenvalue weighted by atomic mass is 9.97. The monoisotopic (exact) mass is 458 g/mol. The molecule has 1 unspecified atom stereocenters. The average Bonchev–Trinajstić information content (AvgIpc) is 3.02. The minimum Gasteiger partial charge on any atom is -0.273 e. The van der Waals surface area contributed by atoms with Gasteiger partial charge >= 0.3 is 0 Å². The number of carbonyl (C=O) groups is 2. The fourth-order valence-electron chi connectivity index (χ4n) is 4.44. The van der Waals surface area contributed by atoms with Gasteiger partial charge in [0.15, 0.2) is 6.17 Å². The second kappa shape index (κ2) is 8.81.